The molecule has 2 aromatic carbocycles. The lowest BCUT2D eigenvalue weighted by Crippen LogP contribution is -2.15. The number of para-hydroxylation sites is 1. The summed E-state index contributed by atoms with van der Waals surface area (Å²) >= 11 is 2.06. The number of carbonyl (C=O) groups excluding carboxylic acids is 3. The molecule has 10 nitrogen and oxygen atoms in total. The molecule has 5 aromatic rings. The Morgan fingerprint density at radius 1 is 0.867 bits per heavy atom. The number of nitrogens with two attached hydrogens (primary N) is 1. The van der Waals surface area contributed by atoms with E-state index in [0.29, 0.717) is 44.1 Å². The van der Waals surface area contributed by atoms with Gasteiger partial charge in [-0.3, -0.25) is 4.79 Å². The topological polar surface area (TPSA) is 139 Å². The molecule has 0 aliphatic rings. The number of thiophene rings is 2. The standard InChI is InChI=1S/C33H31N3O7S2/c1-6-42-32(38)23-17(3)27(33(39)43-7-2)44-30(23)36-29(37)28-25(34)24-20(19-14-11-15-22(40-4)26(19)41-5)16-21(35-31(24)45-28)18-12-9-8-10-13-18/h8-16H,6-7,34H2,1-5H3,(H,36,37). The second-order valence-electron chi connectivity index (χ2n) is 9.64. The molecule has 0 radical (unpaired) electrons. The van der Waals surface area contributed by atoms with Crippen LogP contribution in [0.15, 0.2) is 54.6 Å². The Balaban J connectivity index is 1.67. The summed E-state index contributed by atoms with van der Waals surface area (Å²) in [6.45, 7) is 5.25. The fourth-order valence-corrected chi connectivity index (χ4v) is 7.06. The van der Waals surface area contributed by atoms with Gasteiger partial charge in [0.1, 0.15) is 19.6 Å². The maximum Gasteiger partial charge on any atom is 0.348 e. The fourth-order valence-electron chi connectivity index (χ4n) is 4.96. The fraction of sp³-hybridized carbons (Fsp3) is 0.212. The highest BCUT2D eigenvalue weighted by molar-refractivity contribution is 7.22. The van der Waals surface area contributed by atoms with E-state index in [1.165, 1.54) is 0 Å². The molecule has 5 rings (SSSR count). The number of amides is 1. The van der Waals surface area contributed by atoms with E-state index in [4.69, 9.17) is 29.7 Å². The van der Waals surface area contributed by atoms with Gasteiger partial charge in [0.05, 0.1) is 44.4 Å². The van der Waals surface area contributed by atoms with Crippen molar-refractivity contribution < 1.29 is 33.3 Å². The second kappa shape index (κ2) is 13.4. The molecule has 12 heteroatoms. The van der Waals surface area contributed by atoms with Gasteiger partial charge in [-0.05, 0) is 38.5 Å². The summed E-state index contributed by atoms with van der Waals surface area (Å²) in [5, 5.41) is 3.52. The first kappa shape index (κ1) is 31.5. The zero-order valence-corrected chi connectivity index (χ0v) is 26.9. The van der Waals surface area contributed by atoms with Crippen molar-refractivity contribution in [3.63, 3.8) is 0 Å². The summed E-state index contributed by atoms with van der Waals surface area (Å²) < 4.78 is 21.7. The third-order valence-corrected chi connectivity index (χ3v) is 9.27. The number of methoxy groups -OCH3 is 2. The SMILES string of the molecule is CCOC(=O)c1sc(NC(=O)c2sc3nc(-c4ccccc4)cc(-c4cccc(OC)c4OC)c3c2N)c(C(=O)OCC)c1C. The van der Waals surface area contributed by atoms with Crippen molar-refractivity contribution in [3.8, 4) is 33.9 Å². The van der Waals surface area contributed by atoms with E-state index < -0.39 is 17.8 Å². The van der Waals surface area contributed by atoms with Gasteiger partial charge in [0.2, 0.25) is 0 Å². The molecule has 232 valence electrons. The largest absolute Gasteiger partial charge is 0.493 e. The molecule has 0 fully saturated rings. The third-order valence-electron chi connectivity index (χ3n) is 6.98. The normalized spacial score (nSPS) is 10.9. The number of fused-ring (bicyclic) bond motifs is 1. The second-order valence-corrected chi connectivity index (χ2v) is 11.7. The molecule has 1 amide bonds. The van der Waals surface area contributed by atoms with Gasteiger partial charge in [0, 0.05) is 22.1 Å². The number of nitrogens with one attached hydrogen (secondary N) is 1. The number of rotatable bonds is 10. The molecular weight excluding hydrogens is 615 g/mol. The summed E-state index contributed by atoms with van der Waals surface area (Å²) in [6, 6.07) is 17.1. The molecule has 3 aromatic heterocycles. The van der Waals surface area contributed by atoms with Gasteiger partial charge in [-0.1, -0.05) is 42.5 Å². The number of pyridine rings is 1. The molecule has 0 saturated carbocycles. The first-order chi connectivity index (χ1) is 21.7. The number of aromatic nitrogens is 1. The Bertz CT molecular complexity index is 1910. The van der Waals surface area contributed by atoms with E-state index in [0.717, 1.165) is 28.2 Å². The number of benzene rings is 2. The van der Waals surface area contributed by atoms with Gasteiger partial charge < -0.3 is 30.0 Å². The van der Waals surface area contributed by atoms with Crippen LogP contribution >= 0.6 is 22.7 Å². The van der Waals surface area contributed by atoms with E-state index in [2.05, 4.69) is 5.32 Å². The molecule has 0 unspecified atom stereocenters. The monoisotopic (exact) mass is 645 g/mol. The molecular formula is C33H31N3O7S2. The maximum absolute atomic E-state index is 13.9. The van der Waals surface area contributed by atoms with Crippen LogP contribution in [0.3, 0.4) is 0 Å². The van der Waals surface area contributed by atoms with Crippen LogP contribution in [0, 0.1) is 6.92 Å². The molecule has 45 heavy (non-hydrogen) atoms. The van der Waals surface area contributed by atoms with Gasteiger partial charge in [0.15, 0.2) is 11.5 Å². The first-order valence-electron chi connectivity index (χ1n) is 14.0. The van der Waals surface area contributed by atoms with Crippen molar-refractivity contribution in [2.75, 3.05) is 38.5 Å². The predicted octanol–water partition coefficient (Wildman–Crippen LogP) is 7.21. The lowest BCUT2D eigenvalue weighted by Gasteiger charge is -2.15. The van der Waals surface area contributed by atoms with Crippen LogP contribution in [-0.2, 0) is 9.47 Å². The van der Waals surface area contributed by atoms with Crippen LogP contribution in [0.25, 0.3) is 32.6 Å². The van der Waals surface area contributed by atoms with Crippen LogP contribution in [0.4, 0.5) is 10.7 Å². The van der Waals surface area contributed by atoms with Crippen molar-refractivity contribution in [2.45, 2.75) is 20.8 Å². The highest BCUT2D eigenvalue weighted by Gasteiger charge is 2.29. The number of anilines is 2. The molecule has 0 bridgehead atoms. The van der Waals surface area contributed by atoms with Crippen LogP contribution in [0.2, 0.25) is 0 Å². The lowest BCUT2D eigenvalue weighted by atomic mass is 9.98. The number of ether oxygens (including phenoxy) is 4. The quantitative estimate of drug-likeness (QED) is 0.151. The molecule has 0 spiro atoms. The summed E-state index contributed by atoms with van der Waals surface area (Å²) in [4.78, 5) is 45.2. The van der Waals surface area contributed by atoms with Gasteiger partial charge in [-0.25, -0.2) is 14.6 Å². The van der Waals surface area contributed by atoms with Gasteiger partial charge in [0.25, 0.3) is 5.91 Å². The Labute approximate surface area is 267 Å². The van der Waals surface area contributed by atoms with Crippen molar-refractivity contribution in [2.24, 2.45) is 0 Å². The lowest BCUT2D eigenvalue weighted by molar-refractivity contribution is 0.0527. The summed E-state index contributed by atoms with van der Waals surface area (Å²) in [7, 11) is 3.12. The minimum atomic E-state index is -0.664. The average molecular weight is 646 g/mol. The van der Waals surface area contributed by atoms with Crippen LogP contribution in [-0.4, -0.2) is 50.3 Å². The van der Waals surface area contributed by atoms with Gasteiger partial charge in [-0.2, -0.15) is 0 Å². The van der Waals surface area contributed by atoms with Crippen LogP contribution in [0.5, 0.6) is 11.5 Å². The summed E-state index contributed by atoms with van der Waals surface area (Å²) in [6.07, 6.45) is 0. The van der Waals surface area contributed by atoms with Crippen molar-refractivity contribution >= 4 is 61.4 Å². The van der Waals surface area contributed by atoms with Crippen LogP contribution in [0.1, 0.15) is 49.1 Å². The van der Waals surface area contributed by atoms with Crippen molar-refractivity contribution in [3.05, 3.63) is 75.5 Å². The summed E-state index contributed by atoms with van der Waals surface area (Å²) in [5.74, 6) is -0.792. The van der Waals surface area contributed by atoms with E-state index in [1.807, 2.05) is 48.5 Å². The number of nitrogen functional groups attached to an aromatic ring is 1. The molecule has 0 aliphatic carbocycles. The van der Waals surface area contributed by atoms with Crippen LogP contribution < -0.4 is 20.5 Å². The molecule has 3 N–H and O–H groups in total. The van der Waals surface area contributed by atoms with Gasteiger partial charge in [-0.15, -0.1) is 22.7 Å². The first-order valence-corrected chi connectivity index (χ1v) is 15.7. The highest BCUT2D eigenvalue weighted by Crippen LogP contribution is 2.46. The minimum Gasteiger partial charge on any atom is -0.493 e. The minimum absolute atomic E-state index is 0.0873. The number of hydrogen-bond donors (Lipinski definition) is 2. The summed E-state index contributed by atoms with van der Waals surface area (Å²) in [5.41, 5.74) is 10.3. The number of esters is 2. The Morgan fingerprint density at radius 2 is 1.58 bits per heavy atom. The molecule has 0 atom stereocenters. The molecule has 3 heterocycles. The highest BCUT2D eigenvalue weighted by atomic mass is 32.1. The Kier molecular flexibility index (Phi) is 9.35. The van der Waals surface area contributed by atoms with E-state index in [9.17, 15) is 14.4 Å². The van der Waals surface area contributed by atoms with Gasteiger partial charge >= 0.3 is 11.9 Å². The average Bonchev–Trinajstić information content (AvgIpc) is 3.56. The predicted molar refractivity (Wildman–Crippen MR) is 177 cm³/mol. The Hall–Kier alpha value is -4.94. The van der Waals surface area contributed by atoms with E-state index in [1.54, 1.807) is 41.1 Å². The maximum atomic E-state index is 13.9. The zero-order valence-electron chi connectivity index (χ0n) is 25.3. The Morgan fingerprint density at radius 3 is 2.24 bits per heavy atom. The van der Waals surface area contributed by atoms with E-state index in [-0.39, 0.29) is 39.2 Å². The van der Waals surface area contributed by atoms with E-state index >= 15 is 0 Å². The third kappa shape index (κ3) is 5.94. The molecule has 0 saturated heterocycles. The number of hydrogen-bond acceptors (Lipinski definition) is 11. The zero-order chi connectivity index (χ0) is 32.2. The number of carbonyl (C=O) groups is 3. The van der Waals surface area contributed by atoms with Crippen molar-refractivity contribution in [1.29, 1.82) is 0 Å². The van der Waals surface area contributed by atoms with Crippen molar-refractivity contribution in [1.82, 2.24) is 4.98 Å². The molecule has 0 aliphatic heterocycles. The number of nitrogens with zero attached hydrogens (tertiary/aromatic N) is 1. The smallest absolute Gasteiger partial charge is 0.348 e.